The quantitative estimate of drug-likeness (QED) is 0.456. The molecule has 0 aliphatic rings. The fraction of sp³-hybridized carbons (Fsp3) is 0.222. The Balaban J connectivity index is 1.53. The number of benzene rings is 3. The lowest BCUT2D eigenvalue weighted by molar-refractivity contribution is -0.119. The molecule has 0 unspecified atom stereocenters. The summed E-state index contributed by atoms with van der Waals surface area (Å²) in [5.41, 5.74) is 4.65. The van der Waals surface area contributed by atoms with Crippen LogP contribution in [0, 0.1) is 13.8 Å². The molecule has 0 aliphatic carbocycles. The van der Waals surface area contributed by atoms with Crippen molar-refractivity contribution in [1.29, 1.82) is 0 Å². The number of hydrogen-bond acceptors (Lipinski definition) is 4. The van der Waals surface area contributed by atoms with Crippen LogP contribution in [0.15, 0.2) is 72.8 Å². The molecule has 3 rings (SSSR count). The van der Waals surface area contributed by atoms with Crippen LogP contribution in [0.5, 0.6) is 0 Å². The Hall–Kier alpha value is -3.97. The maximum Gasteiger partial charge on any atom is 0.253 e. The Bertz CT molecular complexity index is 1160. The number of nitrogens with zero attached hydrogens (tertiary/aromatic N) is 1. The van der Waals surface area contributed by atoms with Gasteiger partial charge in [-0.25, -0.2) is 0 Å². The average Bonchev–Trinajstić information content (AvgIpc) is 2.81. The largest absolute Gasteiger partial charge is 0.348 e. The SMILES string of the molecule is Cc1cccc(NC(=O)CN(C)CC(=O)Nc2ccccc2C(=O)NCc2ccccc2)c1C. The van der Waals surface area contributed by atoms with Crippen LogP contribution in [0.1, 0.15) is 27.0 Å². The van der Waals surface area contributed by atoms with Gasteiger partial charge in [0.1, 0.15) is 0 Å². The van der Waals surface area contributed by atoms with E-state index in [0.29, 0.717) is 17.8 Å². The number of nitrogens with one attached hydrogen (secondary N) is 3. The second kappa shape index (κ2) is 11.8. The Kier molecular flexibility index (Phi) is 8.54. The van der Waals surface area contributed by atoms with Gasteiger partial charge in [-0.2, -0.15) is 0 Å². The van der Waals surface area contributed by atoms with Gasteiger partial charge in [0, 0.05) is 12.2 Å². The number of para-hydroxylation sites is 1. The number of hydrogen-bond donors (Lipinski definition) is 3. The van der Waals surface area contributed by atoms with E-state index in [1.54, 1.807) is 36.2 Å². The zero-order valence-corrected chi connectivity index (χ0v) is 19.7. The lowest BCUT2D eigenvalue weighted by atomic mass is 10.1. The molecule has 34 heavy (non-hydrogen) atoms. The molecule has 0 saturated heterocycles. The van der Waals surface area contributed by atoms with E-state index in [-0.39, 0.29) is 30.8 Å². The highest BCUT2D eigenvalue weighted by Gasteiger charge is 2.16. The fourth-order valence-electron chi connectivity index (χ4n) is 3.48. The third-order valence-electron chi connectivity index (χ3n) is 5.45. The standard InChI is InChI=1S/C27H30N4O3/c1-19-10-9-15-23(20(19)2)29-25(32)17-31(3)18-26(33)30-24-14-8-7-13-22(24)27(34)28-16-21-11-5-4-6-12-21/h4-15H,16-18H2,1-3H3,(H,28,34)(H,29,32)(H,30,33). The molecule has 3 aromatic carbocycles. The van der Waals surface area contributed by atoms with Crippen molar-refractivity contribution in [2.75, 3.05) is 30.8 Å². The lowest BCUT2D eigenvalue weighted by Crippen LogP contribution is -2.36. The van der Waals surface area contributed by atoms with E-state index >= 15 is 0 Å². The van der Waals surface area contributed by atoms with Crippen LogP contribution in [-0.4, -0.2) is 42.8 Å². The minimum absolute atomic E-state index is 0.000187. The topological polar surface area (TPSA) is 90.5 Å². The molecule has 0 heterocycles. The summed E-state index contributed by atoms with van der Waals surface area (Å²) in [6.45, 7) is 4.39. The van der Waals surface area contributed by atoms with Crippen LogP contribution in [0.3, 0.4) is 0 Å². The highest BCUT2D eigenvalue weighted by atomic mass is 16.2. The maximum atomic E-state index is 12.7. The Morgan fingerprint density at radius 3 is 2.03 bits per heavy atom. The Morgan fingerprint density at radius 2 is 1.32 bits per heavy atom. The molecule has 0 fully saturated rings. The van der Waals surface area contributed by atoms with Crippen LogP contribution in [0.2, 0.25) is 0 Å². The second-order valence-corrected chi connectivity index (χ2v) is 8.23. The van der Waals surface area contributed by atoms with Crippen molar-refractivity contribution in [2.45, 2.75) is 20.4 Å². The summed E-state index contributed by atoms with van der Waals surface area (Å²) in [7, 11) is 1.70. The minimum atomic E-state index is -0.314. The molecule has 3 N–H and O–H groups in total. The van der Waals surface area contributed by atoms with Gasteiger partial charge in [-0.1, -0.05) is 54.6 Å². The molecule has 0 bridgehead atoms. The summed E-state index contributed by atoms with van der Waals surface area (Å²) in [4.78, 5) is 39.3. The van der Waals surface area contributed by atoms with E-state index in [1.165, 1.54) is 0 Å². The first kappa shape index (κ1) is 24.7. The van der Waals surface area contributed by atoms with Gasteiger partial charge in [-0.3, -0.25) is 19.3 Å². The first-order valence-corrected chi connectivity index (χ1v) is 11.1. The van der Waals surface area contributed by atoms with E-state index in [4.69, 9.17) is 0 Å². The van der Waals surface area contributed by atoms with Gasteiger partial charge < -0.3 is 16.0 Å². The summed E-state index contributed by atoms with van der Waals surface area (Å²) in [5, 5.41) is 8.55. The van der Waals surface area contributed by atoms with Crippen LogP contribution < -0.4 is 16.0 Å². The highest BCUT2D eigenvalue weighted by molar-refractivity contribution is 6.04. The second-order valence-electron chi connectivity index (χ2n) is 8.23. The number of likely N-dealkylation sites (N-methyl/N-ethyl adjacent to an activating group) is 1. The van der Waals surface area contributed by atoms with Crippen LogP contribution >= 0.6 is 0 Å². The molecule has 0 radical (unpaired) electrons. The van der Waals surface area contributed by atoms with Crippen molar-refractivity contribution < 1.29 is 14.4 Å². The summed E-state index contributed by atoms with van der Waals surface area (Å²) < 4.78 is 0. The third-order valence-corrected chi connectivity index (χ3v) is 5.45. The van der Waals surface area contributed by atoms with E-state index in [0.717, 1.165) is 22.4 Å². The molecular formula is C27H30N4O3. The predicted molar refractivity (Wildman–Crippen MR) is 135 cm³/mol. The number of anilines is 2. The van der Waals surface area contributed by atoms with Crippen molar-refractivity contribution >= 4 is 29.1 Å². The molecule has 0 atom stereocenters. The minimum Gasteiger partial charge on any atom is -0.348 e. The van der Waals surface area contributed by atoms with Gasteiger partial charge in [0.2, 0.25) is 11.8 Å². The van der Waals surface area contributed by atoms with E-state index in [2.05, 4.69) is 16.0 Å². The van der Waals surface area contributed by atoms with Crippen molar-refractivity contribution in [1.82, 2.24) is 10.2 Å². The number of carbonyl (C=O) groups is 3. The van der Waals surface area contributed by atoms with Crippen molar-refractivity contribution in [3.8, 4) is 0 Å². The van der Waals surface area contributed by atoms with Crippen LogP contribution in [0.25, 0.3) is 0 Å². The summed E-state index contributed by atoms with van der Waals surface area (Å²) in [5.74, 6) is -0.795. The van der Waals surface area contributed by atoms with Crippen LogP contribution in [-0.2, 0) is 16.1 Å². The molecule has 0 aliphatic heterocycles. The first-order valence-electron chi connectivity index (χ1n) is 11.1. The van der Waals surface area contributed by atoms with Gasteiger partial charge in [0.25, 0.3) is 5.91 Å². The molecule has 176 valence electrons. The summed E-state index contributed by atoms with van der Waals surface area (Å²) in [6, 6.07) is 22.2. The van der Waals surface area contributed by atoms with Crippen molar-refractivity contribution in [3.05, 3.63) is 95.1 Å². The van der Waals surface area contributed by atoms with Gasteiger partial charge in [0.05, 0.1) is 24.3 Å². The monoisotopic (exact) mass is 458 g/mol. The van der Waals surface area contributed by atoms with Crippen LogP contribution in [0.4, 0.5) is 11.4 Å². The Labute approximate surface area is 200 Å². The van der Waals surface area contributed by atoms with Gasteiger partial charge in [-0.05, 0) is 55.8 Å². The first-order chi connectivity index (χ1) is 16.3. The average molecular weight is 459 g/mol. The van der Waals surface area contributed by atoms with E-state index < -0.39 is 0 Å². The highest BCUT2D eigenvalue weighted by Crippen LogP contribution is 2.18. The van der Waals surface area contributed by atoms with E-state index in [9.17, 15) is 14.4 Å². The molecule has 3 aromatic rings. The molecule has 7 nitrogen and oxygen atoms in total. The summed E-state index contributed by atoms with van der Waals surface area (Å²) >= 11 is 0. The smallest absolute Gasteiger partial charge is 0.253 e. The number of rotatable bonds is 9. The molecular weight excluding hydrogens is 428 g/mol. The maximum absolute atomic E-state index is 12.7. The van der Waals surface area contributed by atoms with Gasteiger partial charge in [0.15, 0.2) is 0 Å². The Morgan fingerprint density at radius 1 is 0.735 bits per heavy atom. The van der Waals surface area contributed by atoms with Gasteiger partial charge >= 0.3 is 0 Å². The van der Waals surface area contributed by atoms with Crippen molar-refractivity contribution in [3.63, 3.8) is 0 Å². The lowest BCUT2D eigenvalue weighted by Gasteiger charge is -2.18. The third kappa shape index (κ3) is 7.02. The predicted octanol–water partition coefficient (Wildman–Crippen LogP) is 3.74. The number of carbonyl (C=O) groups excluding carboxylic acids is 3. The summed E-state index contributed by atoms with van der Waals surface area (Å²) in [6.07, 6.45) is 0. The number of amides is 3. The zero-order valence-electron chi connectivity index (χ0n) is 19.7. The van der Waals surface area contributed by atoms with Gasteiger partial charge in [-0.15, -0.1) is 0 Å². The molecule has 7 heteroatoms. The zero-order chi connectivity index (χ0) is 24.5. The molecule has 3 amide bonds. The molecule has 0 spiro atoms. The number of aryl methyl sites for hydroxylation is 1. The normalized spacial score (nSPS) is 10.6. The fourth-order valence-corrected chi connectivity index (χ4v) is 3.48. The molecule has 0 saturated carbocycles. The molecule has 0 aromatic heterocycles. The van der Waals surface area contributed by atoms with Crippen molar-refractivity contribution in [2.24, 2.45) is 0 Å². The van der Waals surface area contributed by atoms with E-state index in [1.807, 2.05) is 62.4 Å².